The van der Waals surface area contributed by atoms with Crippen LogP contribution in [0.4, 0.5) is 5.69 Å². The van der Waals surface area contributed by atoms with Crippen molar-refractivity contribution in [2.45, 2.75) is 24.1 Å². The molecule has 1 aromatic rings. The Labute approximate surface area is 137 Å². The fourth-order valence-electron chi connectivity index (χ4n) is 2.19. The Kier molecular flexibility index (Phi) is 3.67. The van der Waals surface area contributed by atoms with Crippen molar-refractivity contribution in [3.05, 3.63) is 17.2 Å². The van der Waals surface area contributed by atoms with Gasteiger partial charge in [-0.15, -0.1) is 23.2 Å². The number of carbonyl (C=O) groups is 1. The van der Waals surface area contributed by atoms with E-state index in [0.717, 1.165) is 6.42 Å². The topological polar surface area (TPSA) is 47.6 Å². The summed E-state index contributed by atoms with van der Waals surface area (Å²) in [5.41, 5.74) is -0.341. The Balaban J connectivity index is 1.83. The van der Waals surface area contributed by atoms with Gasteiger partial charge in [0.05, 0.1) is 29.3 Å². The molecular formula is C14H14Cl3NO3. The van der Waals surface area contributed by atoms with Crippen LogP contribution in [0.5, 0.6) is 11.5 Å². The highest BCUT2D eigenvalue weighted by atomic mass is 35.5. The molecule has 1 N–H and O–H groups in total. The van der Waals surface area contributed by atoms with Crippen molar-refractivity contribution in [1.82, 2.24) is 0 Å². The van der Waals surface area contributed by atoms with E-state index in [9.17, 15) is 4.79 Å². The van der Waals surface area contributed by atoms with Crippen molar-refractivity contribution in [2.24, 2.45) is 5.41 Å². The Hall–Kier alpha value is -0.840. The highest BCUT2D eigenvalue weighted by molar-refractivity contribution is 6.53. The van der Waals surface area contributed by atoms with E-state index in [2.05, 4.69) is 5.32 Å². The Bertz CT molecular complexity index is 605. The summed E-state index contributed by atoms with van der Waals surface area (Å²) in [6, 6.07) is 3.30. The molecule has 0 saturated heterocycles. The maximum atomic E-state index is 12.3. The van der Waals surface area contributed by atoms with E-state index < -0.39 is 9.75 Å². The van der Waals surface area contributed by atoms with E-state index in [-0.39, 0.29) is 5.91 Å². The predicted octanol–water partition coefficient (Wildman–Crippen LogP) is 4.02. The zero-order valence-electron chi connectivity index (χ0n) is 11.3. The van der Waals surface area contributed by atoms with Gasteiger partial charge in [-0.05, 0) is 13.3 Å². The fourth-order valence-corrected chi connectivity index (χ4v) is 3.09. The van der Waals surface area contributed by atoms with Crippen LogP contribution in [0.15, 0.2) is 12.1 Å². The Morgan fingerprint density at radius 2 is 1.81 bits per heavy atom. The highest BCUT2D eigenvalue weighted by Gasteiger charge is 2.67. The van der Waals surface area contributed by atoms with Crippen LogP contribution in [0, 0.1) is 5.41 Å². The van der Waals surface area contributed by atoms with Crippen LogP contribution >= 0.6 is 34.8 Å². The molecule has 0 unspecified atom stereocenters. The minimum atomic E-state index is -1.02. The lowest BCUT2D eigenvalue weighted by Gasteiger charge is -2.15. The van der Waals surface area contributed by atoms with E-state index in [1.165, 1.54) is 0 Å². The van der Waals surface area contributed by atoms with Gasteiger partial charge in [0.15, 0.2) is 11.5 Å². The van der Waals surface area contributed by atoms with Crippen LogP contribution < -0.4 is 14.8 Å². The van der Waals surface area contributed by atoms with Crippen LogP contribution in [0.2, 0.25) is 5.02 Å². The number of benzene rings is 1. The second kappa shape index (κ2) is 5.11. The smallest absolute Gasteiger partial charge is 0.233 e. The van der Waals surface area contributed by atoms with Gasteiger partial charge in [0.25, 0.3) is 0 Å². The number of halogens is 3. The highest BCUT2D eigenvalue weighted by Crippen LogP contribution is 2.64. The molecule has 3 rings (SSSR count). The van der Waals surface area contributed by atoms with E-state index >= 15 is 0 Å². The van der Waals surface area contributed by atoms with E-state index in [1.807, 2.05) is 0 Å². The second-order valence-corrected chi connectivity index (χ2v) is 7.39. The van der Waals surface area contributed by atoms with Crippen molar-refractivity contribution >= 4 is 46.4 Å². The molecule has 1 aliphatic heterocycles. The van der Waals surface area contributed by atoms with Gasteiger partial charge in [0.1, 0.15) is 4.33 Å². The van der Waals surface area contributed by atoms with Crippen molar-refractivity contribution in [3.63, 3.8) is 0 Å². The molecule has 1 aromatic carbocycles. The van der Waals surface area contributed by atoms with E-state index in [4.69, 9.17) is 44.3 Å². The molecule has 1 saturated carbocycles. The van der Waals surface area contributed by atoms with Crippen LogP contribution in [0.1, 0.15) is 19.8 Å². The molecule has 1 aliphatic carbocycles. The molecule has 1 fully saturated rings. The maximum absolute atomic E-state index is 12.3. The van der Waals surface area contributed by atoms with Gasteiger partial charge in [0.2, 0.25) is 5.91 Å². The number of rotatable bonds is 2. The molecule has 0 aromatic heterocycles. The molecule has 0 spiro atoms. The summed E-state index contributed by atoms with van der Waals surface area (Å²) in [6.07, 6.45) is 1.21. The van der Waals surface area contributed by atoms with Gasteiger partial charge in [-0.3, -0.25) is 4.79 Å². The van der Waals surface area contributed by atoms with Gasteiger partial charge in [-0.2, -0.15) is 0 Å². The lowest BCUT2D eigenvalue weighted by molar-refractivity contribution is -0.120. The zero-order valence-corrected chi connectivity index (χ0v) is 13.6. The maximum Gasteiger partial charge on any atom is 0.233 e. The van der Waals surface area contributed by atoms with Gasteiger partial charge in [-0.1, -0.05) is 11.6 Å². The Morgan fingerprint density at radius 3 is 2.38 bits per heavy atom. The number of nitrogens with one attached hydrogen (secondary N) is 1. The first-order valence-electron chi connectivity index (χ1n) is 6.62. The first kappa shape index (κ1) is 15.1. The number of hydrogen-bond acceptors (Lipinski definition) is 3. The number of alkyl halides is 2. The lowest BCUT2D eigenvalue weighted by atomic mass is 10.1. The van der Waals surface area contributed by atoms with Crippen LogP contribution in [-0.2, 0) is 4.79 Å². The number of hydrogen-bond donors (Lipinski definition) is 1. The summed E-state index contributed by atoms with van der Waals surface area (Å²) in [5.74, 6) is 0.886. The third-order valence-electron chi connectivity index (χ3n) is 3.84. The SMILES string of the molecule is C[C@@]1(C(=O)Nc2cc3c(cc2Cl)OCCCO3)CC1(Cl)Cl. The van der Waals surface area contributed by atoms with Gasteiger partial charge >= 0.3 is 0 Å². The minimum absolute atomic E-state index is 0.260. The first-order chi connectivity index (χ1) is 9.83. The summed E-state index contributed by atoms with van der Waals surface area (Å²) >= 11 is 18.2. The molecule has 4 nitrogen and oxygen atoms in total. The van der Waals surface area contributed by atoms with Gasteiger partial charge in [0, 0.05) is 18.6 Å². The molecule has 114 valence electrons. The summed E-state index contributed by atoms with van der Waals surface area (Å²) in [5, 5.41) is 3.14. The molecular weight excluding hydrogens is 337 g/mol. The van der Waals surface area contributed by atoms with E-state index in [0.29, 0.717) is 41.8 Å². The summed E-state index contributed by atoms with van der Waals surface area (Å²) in [6.45, 7) is 2.86. The predicted molar refractivity (Wildman–Crippen MR) is 82.8 cm³/mol. The number of carbonyl (C=O) groups excluding carboxylic acids is 1. The molecule has 21 heavy (non-hydrogen) atoms. The summed E-state index contributed by atoms with van der Waals surface area (Å²) in [4.78, 5) is 12.3. The standard InChI is InChI=1S/C14H14Cl3NO3/c1-13(7-14(13,16)17)12(19)18-9-6-11-10(5-8(9)15)20-3-2-4-21-11/h5-6H,2-4,7H2,1H3,(H,18,19)/t13-/m0/s1. The minimum Gasteiger partial charge on any atom is -0.490 e. The second-order valence-electron chi connectivity index (χ2n) is 5.50. The number of ether oxygens (including phenoxy) is 2. The average Bonchev–Trinajstić information content (AvgIpc) is 3.01. The summed E-state index contributed by atoms with van der Waals surface area (Å²) in [7, 11) is 0. The fraction of sp³-hybridized carbons (Fsp3) is 0.500. The molecule has 1 atom stereocenters. The summed E-state index contributed by atoms with van der Waals surface area (Å²) < 4.78 is 10.1. The van der Waals surface area contributed by atoms with Crippen LogP contribution in [0.3, 0.4) is 0 Å². The average molecular weight is 351 g/mol. The van der Waals surface area contributed by atoms with Gasteiger partial charge in [-0.25, -0.2) is 0 Å². The van der Waals surface area contributed by atoms with E-state index in [1.54, 1.807) is 19.1 Å². The van der Waals surface area contributed by atoms with Crippen molar-refractivity contribution in [3.8, 4) is 11.5 Å². The van der Waals surface area contributed by atoms with Crippen LogP contribution in [-0.4, -0.2) is 23.5 Å². The lowest BCUT2D eigenvalue weighted by Crippen LogP contribution is -2.26. The monoisotopic (exact) mass is 349 g/mol. The van der Waals surface area contributed by atoms with Crippen molar-refractivity contribution in [2.75, 3.05) is 18.5 Å². The third kappa shape index (κ3) is 2.65. The quantitative estimate of drug-likeness (QED) is 0.819. The Morgan fingerprint density at radius 1 is 1.24 bits per heavy atom. The van der Waals surface area contributed by atoms with Gasteiger partial charge < -0.3 is 14.8 Å². The third-order valence-corrected chi connectivity index (χ3v) is 5.26. The molecule has 2 aliphatic rings. The molecule has 0 bridgehead atoms. The van der Waals surface area contributed by atoms with Crippen LogP contribution in [0.25, 0.3) is 0 Å². The first-order valence-corrected chi connectivity index (χ1v) is 7.75. The molecule has 1 amide bonds. The van der Waals surface area contributed by atoms with Crippen molar-refractivity contribution < 1.29 is 14.3 Å². The zero-order chi connectivity index (χ0) is 15.3. The molecule has 1 heterocycles. The number of anilines is 1. The number of fused-ring (bicyclic) bond motifs is 1. The molecule has 7 heteroatoms. The number of amides is 1. The largest absolute Gasteiger partial charge is 0.490 e. The normalized spacial score (nSPS) is 25.9. The van der Waals surface area contributed by atoms with Crippen molar-refractivity contribution in [1.29, 1.82) is 0 Å². The molecule has 0 radical (unpaired) electrons.